The standard InChI is InChI=1S/C13H18N4O2/c1-3-15-8-10(7-14-15)17-9(2)12(18)16-6-4-5-11(16)13(17)19/h7-9,11H,3-6H2,1-2H3. The maximum Gasteiger partial charge on any atom is 0.250 e. The number of aryl methyl sites for hydroxylation is 1. The van der Waals surface area contributed by atoms with Gasteiger partial charge in [0.1, 0.15) is 12.1 Å². The van der Waals surface area contributed by atoms with Gasteiger partial charge in [0.2, 0.25) is 5.91 Å². The van der Waals surface area contributed by atoms with E-state index in [4.69, 9.17) is 0 Å². The number of hydrogen-bond acceptors (Lipinski definition) is 3. The summed E-state index contributed by atoms with van der Waals surface area (Å²) in [4.78, 5) is 28.2. The molecular formula is C13H18N4O2. The van der Waals surface area contributed by atoms with Gasteiger partial charge in [0.05, 0.1) is 11.9 Å². The Morgan fingerprint density at radius 2 is 2.16 bits per heavy atom. The van der Waals surface area contributed by atoms with E-state index in [9.17, 15) is 9.59 Å². The molecule has 2 aliphatic rings. The number of fused-ring (bicyclic) bond motifs is 1. The summed E-state index contributed by atoms with van der Waals surface area (Å²) in [7, 11) is 0. The van der Waals surface area contributed by atoms with Crippen molar-refractivity contribution >= 4 is 17.5 Å². The first-order valence-electron chi connectivity index (χ1n) is 6.79. The molecule has 2 amide bonds. The Kier molecular flexibility index (Phi) is 2.80. The fourth-order valence-corrected chi connectivity index (χ4v) is 2.99. The van der Waals surface area contributed by atoms with Crippen LogP contribution < -0.4 is 4.90 Å². The first kappa shape index (κ1) is 12.2. The van der Waals surface area contributed by atoms with Crippen molar-refractivity contribution < 1.29 is 9.59 Å². The zero-order valence-electron chi connectivity index (χ0n) is 11.2. The van der Waals surface area contributed by atoms with E-state index in [0.29, 0.717) is 6.54 Å². The fraction of sp³-hybridized carbons (Fsp3) is 0.615. The summed E-state index contributed by atoms with van der Waals surface area (Å²) < 4.78 is 1.76. The molecule has 2 saturated heterocycles. The first-order valence-corrected chi connectivity index (χ1v) is 6.79. The van der Waals surface area contributed by atoms with E-state index in [2.05, 4.69) is 5.10 Å². The summed E-state index contributed by atoms with van der Waals surface area (Å²) in [6, 6.07) is -0.704. The lowest BCUT2D eigenvalue weighted by atomic mass is 10.1. The van der Waals surface area contributed by atoms with Crippen LogP contribution in [0.15, 0.2) is 12.4 Å². The van der Waals surface area contributed by atoms with E-state index in [0.717, 1.165) is 25.1 Å². The van der Waals surface area contributed by atoms with Crippen molar-refractivity contribution in [2.45, 2.75) is 45.3 Å². The summed E-state index contributed by atoms with van der Waals surface area (Å²) in [5.41, 5.74) is 0.722. The summed E-state index contributed by atoms with van der Waals surface area (Å²) in [5, 5.41) is 4.19. The van der Waals surface area contributed by atoms with Crippen LogP contribution >= 0.6 is 0 Å². The normalized spacial score (nSPS) is 27.1. The zero-order valence-corrected chi connectivity index (χ0v) is 11.2. The minimum atomic E-state index is -0.434. The number of piperazine rings is 1. The monoisotopic (exact) mass is 262 g/mol. The Balaban J connectivity index is 1.95. The molecule has 0 aliphatic carbocycles. The Labute approximate surface area is 112 Å². The van der Waals surface area contributed by atoms with E-state index in [1.807, 2.05) is 13.1 Å². The van der Waals surface area contributed by atoms with Gasteiger partial charge in [-0.25, -0.2) is 0 Å². The molecule has 3 heterocycles. The molecule has 0 radical (unpaired) electrons. The molecule has 102 valence electrons. The highest BCUT2D eigenvalue weighted by molar-refractivity contribution is 6.08. The van der Waals surface area contributed by atoms with Crippen molar-refractivity contribution in [3.8, 4) is 0 Å². The van der Waals surface area contributed by atoms with Gasteiger partial charge in [-0.1, -0.05) is 0 Å². The SMILES string of the molecule is CCn1cc(N2C(=O)C3CCCN3C(=O)C2C)cn1. The summed E-state index contributed by atoms with van der Waals surface area (Å²) in [6.45, 7) is 5.24. The van der Waals surface area contributed by atoms with Crippen LogP contribution in [0.4, 0.5) is 5.69 Å². The van der Waals surface area contributed by atoms with Crippen molar-refractivity contribution in [3.05, 3.63) is 12.4 Å². The highest BCUT2D eigenvalue weighted by Gasteiger charge is 2.46. The van der Waals surface area contributed by atoms with Crippen LogP contribution in [-0.2, 0) is 16.1 Å². The third kappa shape index (κ3) is 1.74. The van der Waals surface area contributed by atoms with Crippen molar-refractivity contribution in [1.29, 1.82) is 0 Å². The van der Waals surface area contributed by atoms with Gasteiger partial charge >= 0.3 is 0 Å². The molecule has 6 nitrogen and oxygen atoms in total. The lowest BCUT2D eigenvalue weighted by Crippen LogP contribution is -2.62. The van der Waals surface area contributed by atoms with Crippen LogP contribution in [0.3, 0.4) is 0 Å². The number of amides is 2. The number of carbonyl (C=O) groups excluding carboxylic acids is 2. The highest BCUT2D eigenvalue weighted by atomic mass is 16.2. The van der Waals surface area contributed by atoms with E-state index >= 15 is 0 Å². The van der Waals surface area contributed by atoms with Gasteiger partial charge in [-0.05, 0) is 26.7 Å². The predicted octanol–water partition coefficient (Wildman–Crippen LogP) is 0.629. The lowest BCUT2D eigenvalue weighted by molar-refractivity contribution is -0.143. The maximum atomic E-state index is 12.6. The smallest absolute Gasteiger partial charge is 0.250 e. The minimum Gasteiger partial charge on any atom is -0.329 e. The van der Waals surface area contributed by atoms with Crippen LogP contribution in [0.25, 0.3) is 0 Å². The zero-order chi connectivity index (χ0) is 13.6. The molecule has 0 aromatic carbocycles. The first-order chi connectivity index (χ1) is 9.13. The molecule has 1 aromatic heterocycles. The van der Waals surface area contributed by atoms with Crippen LogP contribution in [-0.4, -0.2) is 45.1 Å². The maximum absolute atomic E-state index is 12.6. The lowest BCUT2D eigenvalue weighted by Gasteiger charge is -2.40. The second kappa shape index (κ2) is 4.36. The summed E-state index contributed by atoms with van der Waals surface area (Å²) in [6.07, 6.45) is 5.18. The third-order valence-corrected chi connectivity index (χ3v) is 4.02. The Morgan fingerprint density at radius 1 is 1.37 bits per heavy atom. The second-order valence-electron chi connectivity index (χ2n) is 5.13. The Bertz CT molecular complexity index is 524. The van der Waals surface area contributed by atoms with Crippen molar-refractivity contribution in [3.63, 3.8) is 0 Å². The predicted molar refractivity (Wildman–Crippen MR) is 69.6 cm³/mol. The van der Waals surface area contributed by atoms with Gasteiger partial charge in [0.25, 0.3) is 5.91 Å². The molecule has 0 N–H and O–H groups in total. The van der Waals surface area contributed by atoms with Crippen LogP contribution in [0.5, 0.6) is 0 Å². The van der Waals surface area contributed by atoms with E-state index in [1.165, 1.54) is 0 Å². The Hall–Kier alpha value is -1.85. The molecule has 19 heavy (non-hydrogen) atoms. The number of hydrogen-bond donors (Lipinski definition) is 0. The van der Waals surface area contributed by atoms with E-state index in [-0.39, 0.29) is 17.9 Å². The largest absolute Gasteiger partial charge is 0.329 e. The average molecular weight is 262 g/mol. The van der Waals surface area contributed by atoms with Crippen LogP contribution in [0, 0.1) is 0 Å². The van der Waals surface area contributed by atoms with Gasteiger partial charge in [-0.15, -0.1) is 0 Å². The van der Waals surface area contributed by atoms with E-state index in [1.54, 1.807) is 27.6 Å². The minimum absolute atomic E-state index is 0.0280. The third-order valence-electron chi connectivity index (χ3n) is 4.02. The molecule has 2 aliphatic heterocycles. The molecule has 6 heteroatoms. The summed E-state index contributed by atoms with van der Waals surface area (Å²) in [5.74, 6) is 0.0756. The number of aromatic nitrogens is 2. The topological polar surface area (TPSA) is 58.4 Å². The highest BCUT2D eigenvalue weighted by Crippen LogP contribution is 2.30. The van der Waals surface area contributed by atoms with Gasteiger partial charge in [0.15, 0.2) is 0 Å². The van der Waals surface area contributed by atoms with Gasteiger partial charge in [-0.2, -0.15) is 5.10 Å². The number of nitrogens with zero attached hydrogens (tertiary/aromatic N) is 4. The Morgan fingerprint density at radius 3 is 2.84 bits per heavy atom. The quantitative estimate of drug-likeness (QED) is 0.785. The molecular weight excluding hydrogens is 244 g/mol. The molecule has 2 fully saturated rings. The number of anilines is 1. The van der Waals surface area contributed by atoms with Crippen LogP contribution in [0.1, 0.15) is 26.7 Å². The molecule has 2 atom stereocenters. The van der Waals surface area contributed by atoms with Gasteiger partial charge in [0, 0.05) is 19.3 Å². The van der Waals surface area contributed by atoms with Gasteiger partial charge < -0.3 is 4.90 Å². The van der Waals surface area contributed by atoms with E-state index < -0.39 is 6.04 Å². The molecule has 0 spiro atoms. The van der Waals surface area contributed by atoms with Crippen LogP contribution in [0.2, 0.25) is 0 Å². The van der Waals surface area contributed by atoms with Crippen molar-refractivity contribution in [2.75, 3.05) is 11.4 Å². The molecule has 3 rings (SSSR count). The molecule has 0 bridgehead atoms. The number of carbonyl (C=O) groups is 2. The summed E-state index contributed by atoms with van der Waals surface area (Å²) >= 11 is 0. The van der Waals surface area contributed by atoms with Crippen molar-refractivity contribution in [1.82, 2.24) is 14.7 Å². The molecule has 2 unspecified atom stereocenters. The second-order valence-corrected chi connectivity index (χ2v) is 5.13. The molecule has 0 saturated carbocycles. The van der Waals surface area contributed by atoms with Gasteiger partial charge in [-0.3, -0.25) is 19.2 Å². The fourth-order valence-electron chi connectivity index (χ4n) is 2.99. The molecule has 1 aromatic rings. The van der Waals surface area contributed by atoms with Crippen molar-refractivity contribution in [2.24, 2.45) is 0 Å². The average Bonchev–Trinajstić information content (AvgIpc) is 3.05. The number of rotatable bonds is 2.